The molecule has 1 aliphatic rings. The molecule has 0 aromatic heterocycles. The van der Waals surface area contributed by atoms with Gasteiger partial charge in [0.15, 0.2) is 0 Å². The van der Waals surface area contributed by atoms with Crippen LogP contribution in [0, 0.1) is 5.82 Å². The van der Waals surface area contributed by atoms with Crippen LogP contribution in [0.5, 0.6) is 5.75 Å². The zero-order valence-corrected chi connectivity index (χ0v) is 15.2. The number of ether oxygens (including phenoxy) is 1. The van der Waals surface area contributed by atoms with Crippen molar-refractivity contribution in [3.8, 4) is 5.75 Å². The fourth-order valence-electron chi connectivity index (χ4n) is 3.32. The van der Waals surface area contributed by atoms with E-state index in [0.29, 0.717) is 16.6 Å². The molecule has 3 rings (SSSR count). The third-order valence-electron chi connectivity index (χ3n) is 4.79. The molecule has 0 spiro atoms. The number of hydrogen-bond acceptors (Lipinski definition) is 2. The molecule has 1 N–H and O–H groups in total. The molecule has 1 fully saturated rings. The summed E-state index contributed by atoms with van der Waals surface area (Å²) in [5, 5.41) is 4.06. The number of hydrogen-bond donors (Lipinski definition) is 1. The summed E-state index contributed by atoms with van der Waals surface area (Å²) in [6.45, 7) is 0.966. The molecule has 0 unspecified atom stereocenters. The van der Waals surface area contributed by atoms with Crippen LogP contribution in [0.25, 0.3) is 0 Å². The van der Waals surface area contributed by atoms with Crippen molar-refractivity contribution in [1.82, 2.24) is 5.32 Å². The highest BCUT2D eigenvalue weighted by atomic mass is 35.5. The first kappa shape index (κ1) is 18.2. The summed E-state index contributed by atoms with van der Waals surface area (Å²) in [6.07, 6.45) is 7.90. The van der Waals surface area contributed by atoms with Gasteiger partial charge in [-0.05, 0) is 42.7 Å². The van der Waals surface area contributed by atoms with Gasteiger partial charge in [0.25, 0.3) is 0 Å². The molecule has 2 aromatic carbocycles. The maximum atomic E-state index is 13.8. The van der Waals surface area contributed by atoms with E-state index in [1.165, 1.54) is 50.2 Å². The lowest BCUT2D eigenvalue weighted by molar-refractivity contribution is 0.299. The molecule has 25 heavy (non-hydrogen) atoms. The van der Waals surface area contributed by atoms with Gasteiger partial charge in [0.05, 0.1) is 5.02 Å². The monoisotopic (exact) mass is 361 g/mol. The fourth-order valence-corrected chi connectivity index (χ4v) is 3.53. The Balaban J connectivity index is 1.56. The first-order valence-corrected chi connectivity index (χ1v) is 9.48. The van der Waals surface area contributed by atoms with Gasteiger partial charge in [0, 0.05) is 18.2 Å². The van der Waals surface area contributed by atoms with E-state index in [2.05, 4.69) is 11.4 Å². The largest absolute Gasteiger partial charge is 0.489 e. The summed E-state index contributed by atoms with van der Waals surface area (Å²) in [7, 11) is 0. The standard InChI is InChI=1S/C21H25ClFNO/c22-20-11-6-12-21(23)19(20)15-25-18-10-5-7-16(13-18)14-24-17-8-3-1-2-4-9-17/h5-7,10-13,17,24H,1-4,8-9,14-15H2. The lowest BCUT2D eigenvalue weighted by Crippen LogP contribution is -2.27. The molecule has 2 nitrogen and oxygen atoms in total. The maximum absolute atomic E-state index is 13.8. The average molecular weight is 362 g/mol. The van der Waals surface area contributed by atoms with Crippen molar-refractivity contribution in [3.63, 3.8) is 0 Å². The van der Waals surface area contributed by atoms with Crippen LogP contribution in [0.1, 0.15) is 49.7 Å². The molecule has 1 aliphatic carbocycles. The Morgan fingerprint density at radius 2 is 1.80 bits per heavy atom. The highest BCUT2D eigenvalue weighted by Gasteiger charge is 2.12. The van der Waals surface area contributed by atoms with Gasteiger partial charge < -0.3 is 10.1 Å². The average Bonchev–Trinajstić information content (AvgIpc) is 2.89. The van der Waals surface area contributed by atoms with Crippen molar-refractivity contribution in [2.75, 3.05) is 0 Å². The van der Waals surface area contributed by atoms with E-state index >= 15 is 0 Å². The minimum absolute atomic E-state index is 0.130. The molecule has 0 heterocycles. The molecule has 0 saturated heterocycles. The Morgan fingerprint density at radius 1 is 1.04 bits per heavy atom. The van der Waals surface area contributed by atoms with E-state index in [1.807, 2.05) is 18.2 Å². The van der Waals surface area contributed by atoms with Gasteiger partial charge in [0.1, 0.15) is 18.2 Å². The second kappa shape index (κ2) is 9.21. The van der Waals surface area contributed by atoms with E-state index in [1.54, 1.807) is 12.1 Å². The molecule has 134 valence electrons. The number of nitrogens with one attached hydrogen (secondary N) is 1. The van der Waals surface area contributed by atoms with Crippen molar-refractivity contribution in [2.24, 2.45) is 0 Å². The fraction of sp³-hybridized carbons (Fsp3) is 0.429. The molecule has 0 aliphatic heterocycles. The Labute approximate surface area is 154 Å². The van der Waals surface area contributed by atoms with Gasteiger partial charge in [-0.2, -0.15) is 0 Å². The second-order valence-corrected chi connectivity index (χ2v) is 7.11. The summed E-state index contributed by atoms with van der Waals surface area (Å²) in [6, 6.07) is 13.3. The quantitative estimate of drug-likeness (QED) is 0.649. The Bertz CT molecular complexity index is 663. The Hall–Kier alpha value is -1.58. The topological polar surface area (TPSA) is 21.3 Å². The van der Waals surface area contributed by atoms with Crippen LogP contribution in [-0.2, 0) is 13.2 Å². The van der Waals surface area contributed by atoms with E-state index in [-0.39, 0.29) is 12.4 Å². The van der Waals surface area contributed by atoms with Gasteiger partial charge in [-0.3, -0.25) is 0 Å². The molecule has 0 bridgehead atoms. The highest BCUT2D eigenvalue weighted by Crippen LogP contribution is 2.22. The third kappa shape index (κ3) is 5.45. The van der Waals surface area contributed by atoms with Crippen LogP contribution in [0.2, 0.25) is 5.02 Å². The van der Waals surface area contributed by atoms with Crippen LogP contribution >= 0.6 is 11.6 Å². The smallest absolute Gasteiger partial charge is 0.131 e. The van der Waals surface area contributed by atoms with E-state index in [0.717, 1.165) is 12.3 Å². The van der Waals surface area contributed by atoms with E-state index in [9.17, 15) is 4.39 Å². The molecule has 0 atom stereocenters. The van der Waals surface area contributed by atoms with Gasteiger partial charge in [-0.15, -0.1) is 0 Å². The normalized spacial score (nSPS) is 15.8. The first-order valence-electron chi connectivity index (χ1n) is 9.10. The molecule has 0 amide bonds. The van der Waals surface area contributed by atoms with Crippen molar-refractivity contribution in [2.45, 2.75) is 57.7 Å². The molecule has 2 aromatic rings. The summed E-state index contributed by atoms with van der Waals surface area (Å²) in [5.74, 6) is 0.401. The second-order valence-electron chi connectivity index (χ2n) is 6.71. The van der Waals surface area contributed by atoms with E-state index in [4.69, 9.17) is 16.3 Å². The van der Waals surface area contributed by atoms with Crippen molar-refractivity contribution in [3.05, 3.63) is 64.4 Å². The number of benzene rings is 2. The Morgan fingerprint density at radius 3 is 2.56 bits per heavy atom. The lowest BCUT2D eigenvalue weighted by atomic mass is 10.1. The van der Waals surface area contributed by atoms with Crippen LogP contribution in [0.15, 0.2) is 42.5 Å². The molecular weight excluding hydrogens is 337 g/mol. The van der Waals surface area contributed by atoms with Crippen LogP contribution in [0.3, 0.4) is 0 Å². The van der Waals surface area contributed by atoms with Gasteiger partial charge in [-0.1, -0.05) is 55.5 Å². The summed E-state index contributed by atoms with van der Waals surface area (Å²) in [4.78, 5) is 0. The number of halogens is 2. The van der Waals surface area contributed by atoms with Gasteiger partial charge in [0.2, 0.25) is 0 Å². The third-order valence-corrected chi connectivity index (χ3v) is 5.15. The summed E-state index contributed by atoms with van der Waals surface area (Å²) in [5.41, 5.74) is 1.58. The van der Waals surface area contributed by atoms with Crippen LogP contribution < -0.4 is 10.1 Å². The molecule has 4 heteroatoms. The SMILES string of the molecule is Fc1cccc(Cl)c1COc1cccc(CNC2CCCCCC2)c1. The van der Waals surface area contributed by atoms with Gasteiger partial charge >= 0.3 is 0 Å². The van der Waals surface area contributed by atoms with Crippen LogP contribution in [0.4, 0.5) is 4.39 Å². The zero-order chi connectivity index (χ0) is 17.5. The van der Waals surface area contributed by atoms with Crippen molar-refractivity contribution >= 4 is 11.6 Å². The van der Waals surface area contributed by atoms with E-state index < -0.39 is 0 Å². The zero-order valence-electron chi connectivity index (χ0n) is 14.4. The summed E-state index contributed by atoms with van der Waals surface area (Å²) < 4.78 is 19.6. The summed E-state index contributed by atoms with van der Waals surface area (Å²) >= 11 is 6.05. The van der Waals surface area contributed by atoms with Crippen molar-refractivity contribution in [1.29, 1.82) is 0 Å². The highest BCUT2D eigenvalue weighted by molar-refractivity contribution is 6.31. The Kier molecular flexibility index (Phi) is 6.71. The lowest BCUT2D eigenvalue weighted by Gasteiger charge is -2.16. The van der Waals surface area contributed by atoms with Gasteiger partial charge in [-0.25, -0.2) is 4.39 Å². The molecule has 0 radical (unpaired) electrons. The minimum atomic E-state index is -0.335. The van der Waals surface area contributed by atoms with Crippen LogP contribution in [-0.4, -0.2) is 6.04 Å². The predicted molar refractivity (Wildman–Crippen MR) is 101 cm³/mol. The molecule has 1 saturated carbocycles. The molecular formula is C21H25ClFNO. The predicted octanol–water partition coefficient (Wildman–Crippen LogP) is 5.87. The maximum Gasteiger partial charge on any atom is 0.131 e. The minimum Gasteiger partial charge on any atom is -0.489 e. The van der Waals surface area contributed by atoms with Crippen molar-refractivity contribution < 1.29 is 9.13 Å². The first-order chi connectivity index (χ1) is 12.2. The number of rotatable bonds is 6.